The van der Waals surface area contributed by atoms with E-state index in [1.165, 1.54) is 0 Å². The highest BCUT2D eigenvalue weighted by Gasteiger charge is 2.17. The molecule has 4 aromatic rings. The van der Waals surface area contributed by atoms with Crippen LogP contribution >= 0.6 is 11.6 Å². The number of benzene rings is 2. The fraction of sp³-hybridized carbons (Fsp3) is 0.174. The van der Waals surface area contributed by atoms with Gasteiger partial charge in [-0.15, -0.1) is 5.10 Å². The number of urea groups is 1. The molecule has 164 valence electrons. The quantitative estimate of drug-likeness (QED) is 0.367. The molecule has 0 aliphatic carbocycles. The average molecular weight is 452 g/mol. The Morgan fingerprint density at radius 2 is 1.88 bits per heavy atom. The van der Waals surface area contributed by atoms with Crippen molar-refractivity contribution in [3.05, 3.63) is 71.9 Å². The third-order valence-corrected chi connectivity index (χ3v) is 4.56. The first-order chi connectivity index (χ1) is 15.5. The normalized spacial score (nSPS) is 10.9. The Labute approximate surface area is 190 Å². The zero-order chi connectivity index (χ0) is 22.5. The van der Waals surface area contributed by atoms with E-state index in [9.17, 15) is 4.79 Å². The van der Waals surface area contributed by atoms with Gasteiger partial charge in [0.05, 0.1) is 18.6 Å². The third-order valence-electron chi connectivity index (χ3n) is 4.33. The molecule has 0 bridgehead atoms. The highest BCUT2D eigenvalue weighted by molar-refractivity contribution is 6.30. The van der Waals surface area contributed by atoms with Crippen molar-refractivity contribution < 1.29 is 13.9 Å². The molecular weight excluding hydrogens is 430 g/mol. The van der Waals surface area contributed by atoms with Crippen molar-refractivity contribution in [3.63, 3.8) is 0 Å². The summed E-state index contributed by atoms with van der Waals surface area (Å²) in [7, 11) is 0. The molecule has 0 aliphatic rings. The first-order valence-electron chi connectivity index (χ1n) is 10.1. The van der Waals surface area contributed by atoms with Gasteiger partial charge in [0.1, 0.15) is 0 Å². The van der Waals surface area contributed by atoms with Crippen molar-refractivity contribution in [2.24, 2.45) is 5.92 Å². The van der Waals surface area contributed by atoms with Gasteiger partial charge in [-0.05, 0) is 60.5 Å². The molecule has 8 nitrogen and oxygen atoms in total. The Bertz CT molecular complexity index is 1190. The topological polar surface area (TPSA) is 94.2 Å². The average Bonchev–Trinajstić information content (AvgIpc) is 3.43. The number of anilines is 2. The first kappa shape index (κ1) is 21.5. The van der Waals surface area contributed by atoms with Crippen LogP contribution in [0.3, 0.4) is 0 Å². The van der Waals surface area contributed by atoms with Crippen LogP contribution in [-0.4, -0.2) is 27.4 Å². The number of nitrogens with one attached hydrogen (secondary N) is 2. The summed E-state index contributed by atoms with van der Waals surface area (Å²) in [5.74, 6) is 1.44. The number of halogens is 1. The Kier molecular flexibility index (Phi) is 6.42. The maximum Gasteiger partial charge on any atom is 0.336 e. The van der Waals surface area contributed by atoms with Gasteiger partial charge in [-0.3, -0.25) is 0 Å². The number of hydrogen-bond acceptors (Lipinski definition) is 5. The standard InChI is InChI=1S/C23H22ClN5O3/c1-15(2)14-32-23-27-21(20-7-4-12-31-20)29(28-23)19-10-8-17(9-11-19)25-22(30)26-18-6-3-5-16(24)13-18/h3-13,15H,14H2,1-2H3,(H2,25,26,30). The lowest BCUT2D eigenvalue weighted by Gasteiger charge is -2.09. The second kappa shape index (κ2) is 9.57. The van der Waals surface area contributed by atoms with Gasteiger partial charge in [-0.25, -0.2) is 9.48 Å². The van der Waals surface area contributed by atoms with Crippen LogP contribution in [0, 0.1) is 5.92 Å². The smallest absolute Gasteiger partial charge is 0.336 e. The Balaban J connectivity index is 1.51. The van der Waals surface area contributed by atoms with Gasteiger partial charge < -0.3 is 19.8 Å². The van der Waals surface area contributed by atoms with Gasteiger partial charge in [-0.1, -0.05) is 31.5 Å². The molecule has 2 aromatic heterocycles. The van der Waals surface area contributed by atoms with E-state index in [0.717, 1.165) is 5.69 Å². The lowest BCUT2D eigenvalue weighted by molar-refractivity contribution is 0.251. The lowest BCUT2D eigenvalue weighted by atomic mass is 10.2. The second-order valence-corrected chi connectivity index (χ2v) is 7.88. The molecular formula is C23H22ClN5O3. The fourth-order valence-corrected chi connectivity index (χ4v) is 3.08. The van der Waals surface area contributed by atoms with E-state index in [0.29, 0.717) is 40.5 Å². The van der Waals surface area contributed by atoms with E-state index >= 15 is 0 Å². The van der Waals surface area contributed by atoms with Crippen LogP contribution in [0.1, 0.15) is 13.8 Å². The van der Waals surface area contributed by atoms with Gasteiger partial charge in [0.2, 0.25) is 5.82 Å². The number of nitrogens with zero attached hydrogens (tertiary/aromatic N) is 3. The molecule has 32 heavy (non-hydrogen) atoms. The fourth-order valence-electron chi connectivity index (χ4n) is 2.89. The number of hydrogen-bond donors (Lipinski definition) is 2. The van der Waals surface area contributed by atoms with Gasteiger partial charge in [0.25, 0.3) is 0 Å². The molecule has 0 radical (unpaired) electrons. The van der Waals surface area contributed by atoms with E-state index < -0.39 is 0 Å². The largest absolute Gasteiger partial charge is 0.462 e. The molecule has 9 heteroatoms. The molecule has 0 aliphatic heterocycles. The van der Waals surface area contributed by atoms with E-state index in [1.807, 2.05) is 18.2 Å². The molecule has 2 heterocycles. The van der Waals surface area contributed by atoms with Crippen molar-refractivity contribution in [1.29, 1.82) is 0 Å². The molecule has 2 amide bonds. The molecule has 2 aromatic carbocycles. The molecule has 0 atom stereocenters. The van der Waals surface area contributed by atoms with Crippen LogP contribution in [0.5, 0.6) is 6.01 Å². The predicted octanol–water partition coefficient (Wildman–Crippen LogP) is 5.86. The minimum atomic E-state index is -0.374. The molecule has 0 unspecified atom stereocenters. The lowest BCUT2D eigenvalue weighted by Crippen LogP contribution is -2.19. The summed E-state index contributed by atoms with van der Waals surface area (Å²) in [6.07, 6.45) is 1.58. The monoisotopic (exact) mass is 451 g/mol. The molecule has 0 saturated carbocycles. The van der Waals surface area contributed by atoms with Crippen molar-refractivity contribution in [2.45, 2.75) is 13.8 Å². The third kappa shape index (κ3) is 5.28. The molecule has 0 fully saturated rings. The number of rotatable bonds is 7. The molecule has 0 saturated heterocycles. The number of carbonyl (C=O) groups is 1. The highest BCUT2D eigenvalue weighted by Crippen LogP contribution is 2.25. The van der Waals surface area contributed by atoms with Crippen molar-refractivity contribution >= 4 is 29.0 Å². The Morgan fingerprint density at radius 3 is 2.56 bits per heavy atom. The molecule has 2 N–H and O–H groups in total. The Morgan fingerprint density at radius 1 is 1.09 bits per heavy atom. The zero-order valence-corrected chi connectivity index (χ0v) is 18.3. The van der Waals surface area contributed by atoms with E-state index in [-0.39, 0.29) is 12.0 Å². The van der Waals surface area contributed by atoms with Gasteiger partial charge in [0, 0.05) is 16.4 Å². The Hall–Kier alpha value is -3.78. The number of carbonyl (C=O) groups excluding carboxylic acids is 1. The summed E-state index contributed by atoms with van der Waals surface area (Å²) in [4.78, 5) is 16.7. The van der Waals surface area contributed by atoms with Crippen LogP contribution in [0.2, 0.25) is 5.02 Å². The first-order valence-corrected chi connectivity index (χ1v) is 10.4. The zero-order valence-electron chi connectivity index (χ0n) is 17.6. The summed E-state index contributed by atoms with van der Waals surface area (Å²) in [5, 5.41) is 10.5. The minimum Gasteiger partial charge on any atom is -0.462 e. The summed E-state index contributed by atoms with van der Waals surface area (Å²) in [6, 6.07) is 17.6. The van der Waals surface area contributed by atoms with Crippen molar-refractivity contribution in [2.75, 3.05) is 17.2 Å². The van der Waals surface area contributed by atoms with E-state index in [2.05, 4.69) is 34.6 Å². The van der Waals surface area contributed by atoms with Crippen molar-refractivity contribution in [3.8, 4) is 23.3 Å². The van der Waals surface area contributed by atoms with Gasteiger partial charge >= 0.3 is 12.0 Å². The molecule has 0 spiro atoms. The number of aromatic nitrogens is 3. The number of amides is 2. The van der Waals surface area contributed by atoms with Gasteiger partial charge in [-0.2, -0.15) is 4.98 Å². The van der Waals surface area contributed by atoms with Crippen molar-refractivity contribution in [1.82, 2.24) is 14.8 Å². The predicted molar refractivity (Wildman–Crippen MR) is 123 cm³/mol. The second-order valence-electron chi connectivity index (χ2n) is 7.45. The van der Waals surface area contributed by atoms with Crippen LogP contribution in [0.4, 0.5) is 16.2 Å². The summed E-state index contributed by atoms with van der Waals surface area (Å²) in [5.41, 5.74) is 1.96. The van der Waals surface area contributed by atoms with E-state index in [1.54, 1.807) is 53.4 Å². The summed E-state index contributed by atoms with van der Waals surface area (Å²) in [6.45, 7) is 4.61. The van der Waals surface area contributed by atoms with Crippen LogP contribution in [0.15, 0.2) is 71.3 Å². The number of ether oxygens (including phenoxy) is 1. The van der Waals surface area contributed by atoms with E-state index in [4.69, 9.17) is 20.8 Å². The number of furan rings is 1. The highest BCUT2D eigenvalue weighted by atomic mass is 35.5. The maximum atomic E-state index is 12.3. The maximum absolute atomic E-state index is 12.3. The van der Waals surface area contributed by atoms with Gasteiger partial charge in [0.15, 0.2) is 5.76 Å². The SMILES string of the molecule is CC(C)COc1nc(-c2ccco2)n(-c2ccc(NC(=O)Nc3cccc(Cl)c3)cc2)n1. The van der Waals surface area contributed by atoms with Crippen LogP contribution in [0.25, 0.3) is 17.3 Å². The van der Waals surface area contributed by atoms with Crippen LogP contribution in [-0.2, 0) is 0 Å². The van der Waals surface area contributed by atoms with Crippen LogP contribution < -0.4 is 15.4 Å². The molecule has 4 rings (SSSR count). The summed E-state index contributed by atoms with van der Waals surface area (Å²) < 4.78 is 12.8. The minimum absolute atomic E-state index is 0.271. The summed E-state index contributed by atoms with van der Waals surface area (Å²) >= 11 is 5.95.